The van der Waals surface area contributed by atoms with Gasteiger partial charge in [0.1, 0.15) is 5.82 Å². The first-order valence-corrected chi connectivity index (χ1v) is 4.63. The highest BCUT2D eigenvalue weighted by Crippen LogP contribution is 2.38. The Morgan fingerprint density at radius 1 is 1.64 bits per heavy atom. The molecular weight excluding hydrogens is 180 g/mol. The van der Waals surface area contributed by atoms with Crippen molar-refractivity contribution >= 4 is 11.8 Å². The van der Waals surface area contributed by atoms with Gasteiger partial charge in [0, 0.05) is 11.8 Å². The van der Waals surface area contributed by atoms with E-state index in [1.165, 1.54) is 0 Å². The third-order valence-corrected chi connectivity index (χ3v) is 2.53. The van der Waals surface area contributed by atoms with Crippen LogP contribution in [0.25, 0.3) is 0 Å². The molecular formula is C9H14N4O. The Morgan fingerprint density at radius 2 is 2.36 bits per heavy atom. The minimum Gasteiger partial charge on any atom is -0.394 e. The van der Waals surface area contributed by atoms with Crippen LogP contribution in [0.2, 0.25) is 0 Å². The Hall–Kier alpha value is -1.36. The summed E-state index contributed by atoms with van der Waals surface area (Å²) < 4.78 is 0. The number of hydrogen-bond acceptors (Lipinski definition) is 5. The summed E-state index contributed by atoms with van der Waals surface area (Å²) in [5, 5.41) is 12.3. The summed E-state index contributed by atoms with van der Waals surface area (Å²) in [4.78, 5) is 7.97. The quantitative estimate of drug-likeness (QED) is 0.644. The van der Waals surface area contributed by atoms with Crippen molar-refractivity contribution in [3.05, 3.63) is 11.8 Å². The third-order valence-electron chi connectivity index (χ3n) is 2.53. The minimum atomic E-state index is -0.161. The van der Waals surface area contributed by atoms with Gasteiger partial charge >= 0.3 is 0 Å². The highest BCUT2D eigenvalue weighted by molar-refractivity contribution is 5.48. The smallest absolute Gasteiger partial charge is 0.221 e. The zero-order chi connectivity index (χ0) is 10.2. The lowest BCUT2D eigenvalue weighted by Crippen LogP contribution is -2.26. The topological polar surface area (TPSA) is 84.1 Å². The molecule has 0 saturated heterocycles. The Kier molecular flexibility index (Phi) is 2.03. The largest absolute Gasteiger partial charge is 0.394 e. The molecule has 5 heteroatoms. The number of nitrogens with one attached hydrogen (secondary N) is 1. The molecule has 1 heterocycles. The molecule has 5 nitrogen and oxygen atoms in total. The van der Waals surface area contributed by atoms with Crippen molar-refractivity contribution < 1.29 is 5.11 Å². The number of aliphatic hydroxyl groups excluding tert-OH is 1. The second-order valence-electron chi connectivity index (χ2n) is 3.82. The van der Waals surface area contributed by atoms with E-state index in [1.807, 2.05) is 6.92 Å². The zero-order valence-corrected chi connectivity index (χ0v) is 8.12. The zero-order valence-electron chi connectivity index (χ0n) is 8.12. The van der Waals surface area contributed by atoms with Gasteiger partial charge < -0.3 is 16.2 Å². The summed E-state index contributed by atoms with van der Waals surface area (Å²) >= 11 is 0. The molecule has 1 aromatic heterocycles. The maximum absolute atomic E-state index is 9.14. The fourth-order valence-electron chi connectivity index (χ4n) is 1.31. The van der Waals surface area contributed by atoms with Crippen molar-refractivity contribution in [3.63, 3.8) is 0 Å². The minimum absolute atomic E-state index is 0.135. The van der Waals surface area contributed by atoms with E-state index in [2.05, 4.69) is 15.3 Å². The van der Waals surface area contributed by atoms with Crippen LogP contribution in [-0.2, 0) is 0 Å². The molecule has 1 aliphatic carbocycles. The van der Waals surface area contributed by atoms with Crippen LogP contribution in [0, 0.1) is 6.92 Å². The maximum atomic E-state index is 9.14. The van der Waals surface area contributed by atoms with E-state index < -0.39 is 0 Å². The van der Waals surface area contributed by atoms with Crippen LogP contribution in [0.1, 0.15) is 18.4 Å². The van der Waals surface area contributed by atoms with Gasteiger partial charge in [0.25, 0.3) is 0 Å². The second kappa shape index (κ2) is 3.09. The highest BCUT2D eigenvalue weighted by Gasteiger charge is 2.42. The van der Waals surface area contributed by atoms with Crippen molar-refractivity contribution in [1.82, 2.24) is 9.97 Å². The van der Waals surface area contributed by atoms with Crippen LogP contribution in [0.5, 0.6) is 0 Å². The number of aromatic nitrogens is 2. The van der Waals surface area contributed by atoms with Crippen LogP contribution >= 0.6 is 0 Å². The molecule has 0 aromatic carbocycles. The number of nitrogens with zero attached hydrogens (tertiary/aromatic N) is 2. The lowest BCUT2D eigenvalue weighted by Gasteiger charge is -2.16. The summed E-state index contributed by atoms with van der Waals surface area (Å²) in [7, 11) is 0. The Morgan fingerprint density at radius 3 is 2.93 bits per heavy atom. The standard InChI is InChI=1S/C9H14N4O/c1-6-4-11-8(10)12-7(6)13-9(5-14)2-3-9/h4,14H,2-3,5H2,1H3,(H3,10,11,12,13). The molecule has 2 rings (SSSR count). The van der Waals surface area contributed by atoms with Gasteiger partial charge in [-0.25, -0.2) is 4.98 Å². The van der Waals surface area contributed by atoms with Crippen molar-refractivity contribution in [2.75, 3.05) is 17.7 Å². The van der Waals surface area contributed by atoms with E-state index in [4.69, 9.17) is 10.8 Å². The van der Waals surface area contributed by atoms with E-state index in [1.54, 1.807) is 6.20 Å². The van der Waals surface area contributed by atoms with Gasteiger partial charge in [-0.05, 0) is 19.8 Å². The van der Waals surface area contributed by atoms with Gasteiger partial charge in [-0.15, -0.1) is 0 Å². The summed E-state index contributed by atoms with van der Waals surface area (Å²) in [5.41, 5.74) is 6.27. The van der Waals surface area contributed by atoms with E-state index in [-0.39, 0.29) is 18.1 Å². The van der Waals surface area contributed by atoms with Gasteiger partial charge in [0.15, 0.2) is 0 Å². The molecule has 1 fully saturated rings. The second-order valence-corrected chi connectivity index (χ2v) is 3.82. The molecule has 0 aliphatic heterocycles. The summed E-state index contributed by atoms with van der Waals surface area (Å²) in [6.45, 7) is 2.05. The van der Waals surface area contributed by atoms with Crippen molar-refractivity contribution in [2.45, 2.75) is 25.3 Å². The van der Waals surface area contributed by atoms with Gasteiger partial charge in [0.05, 0.1) is 12.1 Å². The molecule has 14 heavy (non-hydrogen) atoms. The van der Waals surface area contributed by atoms with E-state index in [0.29, 0.717) is 0 Å². The predicted octanol–water partition coefficient (Wildman–Crippen LogP) is 0.304. The highest BCUT2D eigenvalue weighted by atomic mass is 16.3. The van der Waals surface area contributed by atoms with Crippen molar-refractivity contribution in [2.24, 2.45) is 0 Å². The average molecular weight is 194 g/mol. The first kappa shape index (κ1) is 9.21. The van der Waals surface area contributed by atoms with Gasteiger partial charge in [0.2, 0.25) is 5.95 Å². The van der Waals surface area contributed by atoms with E-state index in [0.717, 1.165) is 24.2 Å². The lowest BCUT2D eigenvalue weighted by molar-refractivity contribution is 0.266. The Bertz CT molecular complexity index is 349. The summed E-state index contributed by atoms with van der Waals surface area (Å²) in [6, 6.07) is 0. The molecule has 1 aromatic rings. The van der Waals surface area contributed by atoms with Crippen molar-refractivity contribution in [3.8, 4) is 0 Å². The molecule has 0 spiro atoms. The normalized spacial score (nSPS) is 17.9. The van der Waals surface area contributed by atoms with Crippen LogP contribution < -0.4 is 11.1 Å². The van der Waals surface area contributed by atoms with Crippen LogP contribution in [0.4, 0.5) is 11.8 Å². The number of hydrogen-bond donors (Lipinski definition) is 3. The molecule has 4 N–H and O–H groups in total. The van der Waals surface area contributed by atoms with Gasteiger partial charge in [-0.1, -0.05) is 0 Å². The van der Waals surface area contributed by atoms with Crippen LogP contribution in [0.15, 0.2) is 6.20 Å². The number of anilines is 2. The van der Waals surface area contributed by atoms with E-state index >= 15 is 0 Å². The maximum Gasteiger partial charge on any atom is 0.221 e. The monoisotopic (exact) mass is 194 g/mol. The summed E-state index contributed by atoms with van der Waals surface area (Å²) in [5.74, 6) is 0.982. The molecule has 76 valence electrons. The molecule has 0 radical (unpaired) electrons. The first-order chi connectivity index (χ1) is 6.65. The molecule has 0 unspecified atom stereocenters. The molecule has 0 atom stereocenters. The van der Waals surface area contributed by atoms with Crippen molar-refractivity contribution in [1.29, 1.82) is 0 Å². The predicted molar refractivity (Wildman–Crippen MR) is 53.9 cm³/mol. The lowest BCUT2D eigenvalue weighted by atomic mass is 10.2. The number of nitrogen functional groups attached to an aromatic ring is 1. The number of rotatable bonds is 3. The van der Waals surface area contributed by atoms with Crippen LogP contribution in [0.3, 0.4) is 0 Å². The number of aryl methyl sites for hydroxylation is 1. The first-order valence-electron chi connectivity index (χ1n) is 4.63. The molecule has 0 bridgehead atoms. The average Bonchev–Trinajstić information content (AvgIpc) is 2.92. The fourth-order valence-corrected chi connectivity index (χ4v) is 1.31. The van der Waals surface area contributed by atoms with Gasteiger partial charge in [-0.3, -0.25) is 0 Å². The SMILES string of the molecule is Cc1cnc(N)nc1NC1(CO)CC1. The van der Waals surface area contributed by atoms with E-state index in [9.17, 15) is 0 Å². The fraction of sp³-hybridized carbons (Fsp3) is 0.556. The number of nitrogens with two attached hydrogens (primary N) is 1. The van der Waals surface area contributed by atoms with Gasteiger partial charge in [-0.2, -0.15) is 4.98 Å². The Balaban J connectivity index is 2.20. The molecule has 1 aliphatic rings. The molecule has 0 amide bonds. The summed E-state index contributed by atoms with van der Waals surface area (Å²) in [6.07, 6.45) is 3.64. The molecule has 1 saturated carbocycles. The third kappa shape index (κ3) is 1.63. The number of aliphatic hydroxyl groups is 1. The Labute approximate surface area is 82.4 Å². The van der Waals surface area contributed by atoms with Crippen LogP contribution in [-0.4, -0.2) is 27.2 Å².